The Morgan fingerprint density at radius 1 is 1.35 bits per heavy atom. The number of halogens is 1. The Morgan fingerprint density at radius 3 is 2.85 bits per heavy atom. The third-order valence-corrected chi connectivity index (χ3v) is 5.89. The van der Waals surface area contributed by atoms with E-state index in [2.05, 4.69) is 17.5 Å². The van der Waals surface area contributed by atoms with Crippen molar-refractivity contribution in [1.29, 1.82) is 5.26 Å². The molecule has 2 saturated carbocycles. The predicted octanol–water partition coefficient (Wildman–Crippen LogP) is 4.14. The van der Waals surface area contributed by atoms with Gasteiger partial charge in [-0.25, -0.2) is 0 Å². The van der Waals surface area contributed by atoms with Crippen molar-refractivity contribution in [1.82, 2.24) is 5.32 Å². The molecule has 2 aliphatic rings. The number of nitrogens with zero attached hydrogens (tertiary/aromatic N) is 1. The molecule has 0 saturated heterocycles. The first kappa shape index (κ1) is 14.3. The molecule has 0 amide bonds. The molecule has 106 valence electrons. The van der Waals surface area contributed by atoms with Gasteiger partial charge in [-0.1, -0.05) is 29.8 Å². The van der Waals surface area contributed by atoms with Gasteiger partial charge in [-0.05, 0) is 43.7 Å². The highest BCUT2D eigenvalue weighted by molar-refractivity contribution is 7.99. The zero-order valence-electron chi connectivity index (χ0n) is 11.4. The zero-order valence-corrected chi connectivity index (χ0v) is 13.0. The first-order valence-electron chi connectivity index (χ1n) is 7.25. The van der Waals surface area contributed by atoms with Crippen molar-refractivity contribution < 1.29 is 0 Å². The van der Waals surface area contributed by atoms with Crippen LogP contribution in [0.25, 0.3) is 0 Å². The van der Waals surface area contributed by atoms with E-state index in [1.54, 1.807) is 0 Å². The summed E-state index contributed by atoms with van der Waals surface area (Å²) in [6, 6.07) is 11.2. The van der Waals surface area contributed by atoms with Crippen LogP contribution in [0.2, 0.25) is 5.02 Å². The van der Waals surface area contributed by atoms with Gasteiger partial charge in [0.25, 0.3) is 0 Å². The van der Waals surface area contributed by atoms with E-state index >= 15 is 0 Å². The molecule has 0 bridgehead atoms. The van der Waals surface area contributed by atoms with Crippen LogP contribution in [-0.4, -0.2) is 16.8 Å². The van der Waals surface area contributed by atoms with Gasteiger partial charge in [-0.15, -0.1) is 0 Å². The molecule has 2 unspecified atom stereocenters. The van der Waals surface area contributed by atoms with Crippen LogP contribution in [0.3, 0.4) is 0 Å². The second-order valence-corrected chi connectivity index (χ2v) is 7.58. The molecular formula is C16H19ClN2S. The molecule has 20 heavy (non-hydrogen) atoms. The van der Waals surface area contributed by atoms with Crippen molar-refractivity contribution in [2.75, 3.05) is 0 Å². The largest absolute Gasteiger partial charge is 0.297 e. The van der Waals surface area contributed by atoms with E-state index in [0.717, 1.165) is 30.0 Å². The first-order valence-corrected chi connectivity index (χ1v) is 8.67. The second-order valence-electron chi connectivity index (χ2n) is 5.88. The molecule has 1 N–H and O–H groups in total. The summed E-state index contributed by atoms with van der Waals surface area (Å²) < 4.78 is 0. The smallest absolute Gasteiger partial charge is 0.108 e. The molecule has 0 spiro atoms. The minimum absolute atomic E-state index is 0.265. The Kier molecular flexibility index (Phi) is 4.26. The van der Waals surface area contributed by atoms with Crippen LogP contribution in [0.1, 0.15) is 37.7 Å². The molecule has 3 rings (SSSR count). The van der Waals surface area contributed by atoms with Crippen molar-refractivity contribution >= 4 is 23.4 Å². The summed E-state index contributed by atoms with van der Waals surface area (Å²) in [5, 5.41) is 14.5. The van der Waals surface area contributed by atoms with Gasteiger partial charge in [0.2, 0.25) is 0 Å². The number of nitrogens with one attached hydrogen (secondary N) is 1. The highest BCUT2D eigenvalue weighted by atomic mass is 35.5. The minimum Gasteiger partial charge on any atom is -0.297 e. The summed E-state index contributed by atoms with van der Waals surface area (Å²) in [4.78, 5) is 0. The van der Waals surface area contributed by atoms with E-state index in [1.165, 1.54) is 18.4 Å². The number of thioether (sulfide) groups is 1. The average Bonchev–Trinajstić information content (AvgIpc) is 3.17. The van der Waals surface area contributed by atoms with Crippen LogP contribution in [0.15, 0.2) is 24.3 Å². The fourth-order valence-corrected chi connectivity index (χ4v) is 4.48. The van der Waals surface area contributed by atoms with E-state index in [9.17, 15) is 5.26 Å². The molecule has 2 nitrogen and oxygen atoms in total. The molecular weight excluding hydrogens is 288 g/mol. The lowest BCUT2D eigenvalue weighted by Crippen LogP contribution is -2.43. The molecule has 0 aliphatic heterocycles. The summed E-state index contributed by atoms with van der Waals surface area (Å²) in [5.74, 6) is 0.940. The van der Waals surface area contributed by atoms with Crippen LogP contribution < -0.4 is 5.32 Å². The lowest BCUT2D eigenvalue weighted by atomic mass is 10.00. The van der Waals surface area contributed by atoms with Crippen LogP contribution in [-0.2, 0) is 5.75 Å². The summed E-state index contributed by atoms with van der Waals surface area (Å²) >= 11 is 8.13. The Bertz CT molecular complexity index is 523. The molecule has 4 heteroatoms. The van der Waals surface area contributed by atoms with Crippen molar-refractivity contribution in [2.24, 2.45) is 0 Å². The highest BCUT2D eigenvalue weighted by Gasteiger charge is 2.42. The normalized spacial score (nSPS) is 29.3. The first-order chi connectivity index (χ1) is 9.71. The van der Waals surface area contributed by atoms with Crippen molar-refractivity contribution in [3.8, 4) is 6.07 Å². The number of hydrogen-bond donors (Lipinski definition) is 1. The third-order valence-electron chi connectivity index (χ3n) is 4.17. The zero-order chi connectivity index (χ0) is 14.0. The predicted molar refractivity (Wildman–Crippen MR) is 84.9 cm³/mol. The van der Waals surface area contributed by atoms with Gasteiger partial charge in [-0.3, -0.25) is 5.32 Å². The van der Waals surface area contributed by atoms with Crippen molar-refractivity contribution in [2.45, 2.75) is 54.7 Å². The van der Waals surface area contributed by atoms with E-state index < -0.39 is 0 Å². The fourth-order valence-electron chi connectivity index (χ4n) is 2.85. The molecule has 2 fully saturated rings. The monoisotopic (exact) mass is 306 g/mol. The van der Waals surface area contributed by atoms with Gasteiger partial charge in [0.1, 0.15) is 5.54 Å². The second kappa shape index (κ2) is 5.97. The Labute approximate surface area is 129 Å². The summed E-state index contributed by atoms with van der Waals surface area (Å²) in [6.07, 6.45) is 5.55. The summed E-state index contributed by atoms with van der Waals surface area (Å²) in [5.41, 5.74) is 0.933. The van der Waals surface area contributed by atoms with Crippen LogP contribution in [0.4, 0.5) is 0 Å². The topological polar surface area (TPSA) is 35.8 Å². The highest BCUT2D eigenvalue weighted by Crippen LogP contribution is 2.40. The maximum atomic E-state index is 9.50. The number of nitriles is 1. The Hall–Kier alpha value is -0.690. The maximum Gasteiger partial charge on any atom is 0.108 e. The Morgan fingerprint density at radius 2 is 2.15 bits per heavy atom. The van der Waals surface area contributed by atoms with E-state index in [4.69, 9.17) is 11.6 Å². The van der Waals surface area contributed by atoms with Crippen molar-refractivity contribution in [3.63, 3.8) is 0 Å². The maximum absolute atomic E-state index is 9.50. The quantitative estimate of drug-likeness (QED) is 0.888. The van der Waals surface area contributed by atoms with Crippen LogP contribution >= 0.6 is 23.4 Å². The Balaban J connectivity index is 1.55. The third kappa shape index (κ3) is 3.31. The van der Waals surface area contributed by atoms with Crippen LogP contribution in [0, 0.1) is 11.3 Å². The summed E-state index contributed by atoms with van der Waals surface area (Å²) in [7, 11) is 0. The van der Waals surface area contributed by atoms with Crippen LogP contribution in [0.5, 0.6) is 0 Å². The molecule has 1 aromatic rings. The van der Waals surface area contributed by atoms with E-state index in [-0.39, 0.29) is 5.54 Å². The van der Waals surface area contributed by atoms with Crippen molar-refractivity contribution in [3.05, 3.63) is 34.9 Å². The fraction of sp³-hybridized carbons (Fsp3) is 0.562. The molecule has 2 atom stereocenters. The lowest BCUT2D eigenvalue weighted by molar-refractivity contribution is 0.420. The number of rotatable bonds is 5. The molecule has 0 heterocycles. The molecule has 1 aromatic carbocycles. The average molecular weight is 307 g/mol. The van der Waals surface area contributed by atoms with Gasteiger partial charge in [0.15, 0.2) is 0 Å². The van der Waals surface area contributed by atoms with Gasteiger partial charge in [0, 0.05) is 22.1 Å². The molecule has 2 aliphatic carbocycles. The standard InChI is InChI=1S/C16H19ClN2S/c17-15-4-2-1-3-12(15)10-20-14-7-8-16(9-14,11-18)19-13-5-6-13/h1-4,13-14,19H,5-10H2. The van der Waals surface area contributed by atoms with Gasteiger partial charge >= 0.3 is 0 Å². The van der Waals surface area contributed by atoms with Gasteiger partial charge < -0.3 is 0 Å². The SMILES string of the molecule is N#CC1(NC2CC2)CCC(SCc2ccccc2Cl)C1. The number of hydrogen-bond acceptors (Lipinski definition) is 3. The van der Waals surface area contributed by atoms with Gasteiger partial charge in [-0.2, -0.15) is 17.0 Å². The summed E-state index contributed by atoms with van der Waals surface area (Å²) in [6.45, 7) is 0. The molecule has 0 aromatic heterocycles. The van der Waals surface area contributed by atoms with E-state index in [1.807, 2.05) is 30.0 Å². The number of benzene rings is 1. The van der Waals surface area contributed by atoms with Gasteiger partial charge in [0.05, 0.1) is 6.07 Å². The lowest BCUT2D eigenvalue weighted by Gasteiger charge is -2.22. The molecule has 0 radical (unpaired) electrons. The van der Waals surface area contributed by atoms with E-state index in [0.29, 0.717) is 11.3 Å². The minimum atomic E-state index is -0.265.